The molecule has 56 heavy (non-hydrogen) atoms. The van der Waals surface area contributed by atoms with Crippen LogP contribution in [0.1, 0.15) is 35.6 Å². The van der Waals surface area contributed by atoms with Crippen molar-refractivity contribution in [2.45, 2.75) is 0 Å². The Morgan fingerprint density at radius 3 is 1.39 bits per heavy atom. The Morgan fingerprint density at radius 1 is 0.339 bits per heavy atom. The van der Waals surface area contributed by atoms with Gasteiger partial charge in [-0.15, -0.1) is 0 Å². The topological polar surface area (TPSA) is 8.17 Å². The van der Waals surface area contributed by atoms with Gasteiger partial charge in [0.15, 0.2) is 0 Å². The molecule has 0 saturated carbocycles. The van der Waals surface area contributed by atoms with E-state index in [-0.39, 0.29) is 11.1 Å². The van der Waals surface area contributed by atoms with Crippen LogP contribution in [-0.2, 0) is 0 Å². The smallest absolute Gasteiger partial charge is 0.0645 e. The van der Waals surface area contributed by atoms with E-state index in [9.17, 15) is 16.4 Å². The zero-order valence-corrected chi connectivity index (χ0v) is 28.8. The predicted octanol–water partition coefficient (Wildman–Crippen LogP) is 14.9. The zero-order valence-electron chi connectivity index (χ0n) is 54.8. The summed E-state index contributed by atoms with van der Waals surface area (Å²) in [5, 5.41) is 1.40. The maximum atomic E-state index is 9.70. The van der Waals surface area contributed by atoms with Crippen LogP contribution in [0.2, 0.25) is 0 Å². The van der Waals surface area contributed by atoms with Gasteiger partial charge in [0.2, 0.25) is 0 Å². The van der Waals surface area contributed by atoms with E-state index < -0.39 is 208 Å². The molecule has 0 spiro atoms. The molecule has 10 rings (SSSR count). The van der Waals surface area contributed by atoms with Crippen LogP contribution in [0, 0.1) is 0 Å². The molecular weight excluding hydrogens is 677 g/mol. The van der Waals surface area contributed by atoms with Gasteiger partial charge >= 0.3 is 0 Å². The van der Waals surface area contributed by atoms with Gasteiger partial charge in [-0.3, -0.25) is 0 Å². The summed E-state index contributed by atoms with van der Waals surface area (Å²) in [6.07, 6.45) is 0. The van der Waals surface area contributed by atoms with Crippen LogP contribution >= 0.6 is 0 Å². The van der Waals surface area contributed by atoms with Crippen LogP contribution in [0.25, 0.3) is 72.0 Å². The normalized spacial score (nSPS) is 17.7. The summed E-state index contributed by atoms with van der Waals surface area (Å²) in [5.41, 5.74) is -5.93. The summed E-state index contributed by atoms with van der Waals surface area (Å²) in [6, 6.07) is -4.34. The van der Waals surface area contributed by atoms with Gasteiger partial charge < -0.3 is 9.47 Å². The fourth-order valence-electron chi connectivity index (χ4n) is 6.40. The highest BCUT2D eigenvalue weighted by molar-refractivity contribution is 6.10. The molecule has 0 aliphatic rings. The maximum Gasteiger partial charge on any atom is 0.0645 e. The van der Waals surface area contributed by atoms with Crippen molar-refractivity contribution < 1.29 is 35.6 Å². The lowest BCUT2D eigenvalue weighted by Crippen LogP contribution is -2.09. The monoisotopic (exact) mass is 740 g/mol. The number of hydrogen-bond acceptors (Lipinski definition) is 1. The van der Waals surface area contributed by atoms with Crippen molar-refractivity contribution in [3.05, 3.63) is 230 Å². The highest BCUT2D eigenvalue weighted by Crippen LogP contribution is 2.40. The number of fused-ring (bicyclic) bond motifs is 3. The SMILES string of the molecule is [2H]c1c([2H])c([2H])c(-c2c([2H])c([2H])c(N(c3c([2H])c([2H])c(-c4ccc5c(c4)c4ccccc4n5-c4ccccc4)c([2H])c3[2H])c3c([2H])c([2H])c(-c4c([2H])c([2H])c([2H])c([2H])c4-c4c([2H])c([2H])c([2H])c([2H])c4[2H])c([2H])c3[2H])c([2H])c2[2H])c([2H])c1[2H]. The highest BCUT2D eigenvalue weighted by atomic mass is 15.1. The third-order valence-corrected chi connectivity index (χ3v) is 8.92. The molecule has 0 amide bonds. The predicted molar refractivity (Wildman–Crippen MR) is 237 cm³/mol. The molecular formula is C54H38N2. The van der Waals surface area contributed by atoms with E-state index in [2.05, 4.69) is 0 Å². The summed E-state index contributed by atoms with van der Waals surface area (Å²) < 4.78 is 236. The molecule has 2 nitrogen and oxygen atoms in total. The van der Waals surface area contributed by atoms with Crippen LogP contribution in [0.5, 0.6) is 0 Å². The highest BCUT2D eigenvalue weighted by Gasteiger charge is 2.16. The molecule has 0 fully saturated rings. The molecule has 0 unspecified atom stereocenters. The van der Waals surface area contributed by atoms with Gasteiger partial charge in [-0.25, -0.2) is 0 Å². The molecule has 264 valence electrons. The Balaban J connectivity index is 1.30. The second-order valence-electron chi connectivity index (χ2n) is 12.2. The van der Waals surface area contributed by atoms with Crippen molar-refractivity contribution in [3.8, 4) is 50.2 Å². The number of para-hydroxylation sites is 2. The van der Waals surface area contributed by atoms with Crippen molar-refractivity contribution in [1.82, 2.24) is 4.57 Å². The lowest BCUT2D eigenvalue weighted by atomic mass is 9.94. The number of nitrogens with zero attached hydrogens (tertiary/aromatic N) is 2. The van der Waals surface area contributed by atoms with E-state index in [4.69, 9.17) is 19.2 Å². The lowest BCUT2D eigenvalue weighted by molar-refractivity contribution is 1.18. The summed E-state index contributed by atoms with van der Waals surface area (Å²) in [5.74, 6) is 0. The first kappa shape index (κ1) is 15.7. The van der Waals surface area contributed by atoms with E-state index in [1.807, 2.05) is 59.2 Å². The van der Waals surface area contributed by atoms with Crippen molar-refractivity contribution in [3.63, 3.8) is 0 Å². The number of rotatable bonds is 8. The van der Waals surface area contributed by atoms with Crippen molar-refractivity contribution in [2.24, 2.45) is 0 Å². The fraction of sp³-hybridized carbons (Fsp3) is 0. The van der Waals surface area contributed by atoms with E-state index in [0.29, 0.717) is 15.8 Å². The Kier molecular flexibility index (Phi) is 4.06. The van der Waals surface area contributed by atoms with Gasteiger partial charge in [-0.1, -0.05) is 163 Å². The average molecular weight is 741 g/mol. The Labute approximate surface area is 364 Å². The minimum atomic E-state index is -1.23. The summed E-state index contributed by atoms with van der Waals surface area (Å²) in [4.78, 5) is 0.439. The molecule has 0 bridgehead atoms. The number of anilines is 3. The Bertz CT molecular complexity index is 4330. The van der Waals surface area contributed by atoms with E-state index in [1.165, 1.54) is 0 Å². The largest absolute Gasteiger partial charge is 0.311 e. The summed E-state index contributed by atoms with van der Waals surface area (Å²) in [7, 11) is 0. The summed E-state index contributed by atoms with van der Waals surface area (Å²) in [6.45, 7) is 0. The molecule has 10 aromatic rings. The first-order chi connectivity index (χ1) is 38.6. The first-order valence-corrected chi connectivity index (χ1v) is 17.1. The molecule has 0 aliphatic heterocycles. The van der Waals surface area contributed by atoms with Crippen LogP contribution in [0.3, 0.4) is 0 Å². The Morgan fingerprint density at radius 2 is 0.786 bits per heavy atom. The second kappa shape index (κ2) is 14.4. The minimum Gasteiger partial charge on any atom is -0.311 e. The van der Waals surface area contributed by atoms with E-state index in [0.717, 1.165) is 16.6 Å². The quantitative estimate of drug-likeness (QED) is 0.151. The number of aromatic nitrogens is 1. The number of benzene rings is 9. The second-order valence-corrected chi connectivity index (χ2v) is 12.2. The van der Waals surface area contributed by atoms with E-state index in [1.54, 1.807) is 18.2 Å². The van der Waals surface area contributed by atoms with Crippen LogP contribution in [0.15, 0.2) is 230 Å². The van der Waals surface area contributed by atoms with Gasteiger partial charge in [-0.05, 0) is 111 Å². The van der Waals surface area contributed by atoms with Crippen molar-refractivity contribution in [2.75, 3.05) is 4.90 Å². The van der Waals surface area contributed by atoms with Gasteiger partial charge in [0.25, 0.3) is 0 Å². The van der Waals surface area contributed by atoms with Gasteiger partial charge in [-0.2, -0.15) is 0 Å². The molecule has 0 saturated heterocycles. The molecule has 0 N–H and O–H groups in total. The van der Waals surface area contributed by atoms with Crippen molar-refractivity contribution in [1.29, 1.82) is 0 Å². The molecule has 0 aliphatic carbocycles. The standard InChI is InChI=1S/C54H38N2/c1-4-14-39(15-5-1)40-24-31-46(32-25-40)55(48-35-28-43(29-36-48)50-21-11-10-20-49(50)42-16-6-2-7-17-42)47-33-26-41(27-34-47)44-30-37-54-52(38-44)51-22-12-13-23-53(51)56(54)45-18-8-3-9-19-45/h1-38H/i1D,2D,4D,5D,6D,7D,10D,11D,14D,15D,16D,17D,20D,21D,24D,25D,26D,27D,28D,29D,31D,32D,33D,34D,35D,36D. The van der Waals surface area contributed by atoms with Gasteiger partial charge in [0.1, 0.15) is 0 Å². The maximum absolute atomic E-state index is 9.70. The molecule has 2 heteroatoms. The average Bonchev–Trinajstić information content (AvgIpc) is 1.28. The minimum absolute atomic E-state index is 0.168. The van der Waals surface area contributed by atoms with Crippen molar-refractivity contribution >= 4 is 38.9 Å². The molecule has 9 aromatic carbocycles. The summed E-state index contributed by atoms with van der Waals surface area (Å²) >= 11 is 0. The first-order valence-electron chi connectivity index (χ1n) is 30.1. The van der Waals surface area contributed by atoms with Crippen LogP contribution in [-0.4, -0.2) is 4.57 Å². The van der Waals surface area contributed by atoms with Gasteiger partial charge in [0.05, 0.1) is 46.7 Å². The Hall–Kier alpha value is -7.42. The fourth-order valence-corrected chi connectivity index (χ4v) is 6.40. The molecule has 0 radical (unpaired) electrons. The van der Waals surface area contributed by atoms with Crippen LogP contribution in [0.4, 0.5) is 17.1 Å². The third kappa shape index (κ3) is 6.14. The number of hydrogen-bond donors (Lipinski definition) is 0. The van der Waals surface area contributed by atoms with E-state index >= 15 is 0 Å². The zero-order chi connectivity index (χ0) is 59.9. The lowest BCUT2D eigenvalue weighted by Gasteiger charge is -2.26. The molecule has 1 aromatic heterocycles. The molecule has 1 heterocycles. The third-order valence-electron chi connectivity index (χ3n) is 8.92. The van der Waals surface area contributed by atoms with Gasteiger partial charge in [0, 0.05) is 33.5 Å². The van der Waals surface area contributed by atoms with Crippen LogP contribution < -0.4 is 4.90 Å². The molecule has 0 atom stereocenters.